The summed E-state index contributed by atoms with van der Waals surface area (Å²) in [4.78, 5) is 32.7. The number of benzene rings is 3. The van der Waals surface area contributed by atoms with Gasteiger partial charge in [-0.2, -0.15) is 0 Å². The number of imide groups is 1. The summed E-state index contributed by atoms with van der Waals surface area (Å²) in [6.07, 6.45) is 0. The molecule has 0 saturated carbocycles. The summed E-state index contributed by atoms with van der Waals surface area (Å²) in [5.41, 5.74) is 3.96. The molecule has 3 aromatic carbocycles. The number of urea groups is 1. The number of rotatable bonds is 4. The molecule has 1 aliphatic heterocycles. The highest BCUT2D eigenvalue weighted by molar-refractivity contribution is 6.23. The van der Waals surface area contributed by atoms with Crippen LogP contribution in [0.1, 0.15) is 25.0 Å². The number of hydrogen-bond acceptors (Lipinski definition) is 2. The van der Waals surface area contributed by atoms with Crippen molar-refractivity contribution in [2.75, 3.05) is 4.90 Å². The summed E-state index contributed by atoms with van der Waals surface area (Å²) >= 11 is 0. The molecule has 0 unspecified atom stereocenters. The molecule has 5 heteroatoms. The van der Waals surface area contributed by atoms with Crippen LogP contribution in [-0.4, -0.2) is 22.4 Å². The Bertz CT molecular complexity index is 1190. The molecule has 1 aliphatic rings. The lowest BCUT2D eigenvalue weighted by Crippen LogP contribution is -2.43. The second-order valence-corrected chi connectivity index (χ2v) is 8.21. The largest absolute Gasteiger partial charge is 0.332 e. The number of carbonyl (C=O) groups excluding carboxylic acids is 2. The number of anilines is 1. The van der Waals surface area contributed by atoms with Crippen LogP contribution in [0.2, 0.25) is 0 Å². The Morgan fingerprint density at radius 3 is 2.16 bits per heavy atom. The summed E-state index contributed by atoms with van der Waals surface area (Å²) in [7, 11) is 0. The molecule has 0 aliphatic carbocycles. The molecule has 154 valence electrons. The van der Waals surface area contributed by atoms with Crippen molar-refractivity contribution in [1.29, 1.82) is 0 Å². The van der Waals surface area contributed by atoms with Gasteiger partial charge in [-0.3, -0.25) is 4.79 Å². The van der Waals surface area contributed by atoms with E-state index in [1.807, 2.05) is 42.5 Å². The van der Waals surface area contributed by atoms with Crippen molar-refractivity contribution >= 4 is 23.3 Å². The Labute approximate surface area is 182 Å². The van der Waals surface area contributed by atoms with Crippen molar-refractivity contribution in [2.45, 2.75) is 32.9 Å². The van der Waals surface area contributed by atoms with Crippen molar-refractivity contribution in [2.24, 2.45) is 0 Å². The minimum atomic E-state index is -0.971. The molecule has 1 heterocycles. The van der Waals surface area contributed by atoms with E-state index in [0.717, 1.165) is 22.3 Å². The highest BCUT2D eigenvalue weighted by Gasteiger charge is 2.51. The first-order valence-electron chi connectivity index (χ1n) is 10.1. The van der Waals surface area contributed by atoms with Crippen molar-refractivity contribution in [3.63, 3.8) is 0 Å². The molecule has 0 N–H and O–H groups in total. The SMILES string of the molecule is [C-]#[N+]c1ccc(N2C(=O)N(Cc3ccc(-c4ccccc4)cc3)C(C)(C)C2=O)cc1C. The van der Waals surface area contributed by atoms with E-state index in [0.29, 0.717) is 17.9 Å². The molecular weight excluding hydrogens is 386 g/mol. The molecule has 0 bridgehead atoms. The monoisotopic (exact) mass is 409 g/mol. The van der Waals surface area contributed by atoms with Gasteiger partial charge in [0.25, 0.3) is 5.91 Å². The number of carbonyl (C=O) groups is 2. The quantitative estimate of drug-likeness (QED) is 0.394. The summed E-state index contributed by atoms with van der Waals surface area (Å²) in [6, 6.07) is 22.8. The van der Waals surface area contributed by atoms with E-state index in [4.69, 9.17) is 6.57 Å². The number of nitrogens with zero attached hydrogens (tertiary/aromatic N) is 3. The molecule has 1 saturated heterocycles. The number of hydrogen-bond donors (Lipinski definition) is 0. The predicted molar refractivity (Wildman–Crippen MR) is 122 cm³/mol. The maximum Gasteiger partial charge on any atom is 0.332 e. The molecule has 31 heavy (non-hydrogen) atoms. The maximum atomic E-state index is 13.3. The first-order valence-corrected chi connectivity index (χ1v) is 10.1. The van der Waals surface area contributed by atoms with E-state index in [2.05, 4.69) is 17.0 Å². The van der Waals surface area contributed by atoms with E-state index in [1.165, 1.54) is 4.90 Å². The highest BCUT2D eigenvalue weighted by atomic mass is 16.2. The Kier molecular flexibility index (Phi) is 5.08. The number of amides is 3. The van der Waals surface area contributed by atoms with Crippen LogP contribution in [0.5, 0.6) is 0 Å². The van der Waals surface area contributed by atoms with Crippen LogP contribution in [0.15, 0.2) is 72.8 Å². The van der Waals surface area contributed by atoms with E-state index < -0.39 is 5.54 Å². The van der Waals surface area contributed by atoms with Crippen molar-refractivity contribution in [1.82, 2.24) is 4.90 Å². The van der Waals surface area contributed by atoms with Gasteiger partial charge in [-0.1, -0.05) is 60.7 Å². The van der Waals surface area contributed by atoms with Crippen molar-refractivity contribution in [3.8, 4) is 11.1 Å². The van der Waals surface area contributed by atoms with Crippen LogP contribution >= 0.6 is 0 Å². The van der Waals surface area contributed by atoms with Crippen LogP contribution in [-0.2, 0) is 11.3 Å². The van der Waals surface area contributed by atoms with Gasteiger partial charge in [-0.05, 0) is 55.2 Å². The Morgan fingerprint density at radius 2 is 1.55 bits per heavy atom. The molecule has 3 aromatic rings. The minimum absolute atomic E-state index is 0.270. The van der Waals surface area contributed by atoms with E-state index in [1.54, 1.807) is 43.9 Å². The smallest absolute Gasteiger partial charge is 0.305 e. The summed E-state index contributed by atoms with van der Waals surface area (Å²) in [5.74, 6) is -0.270. The van der Waals surface area contributed by atoms with Gasteiger partial charge in [0.2, 0.25) is 0 Å². The molecule has 5 nitrogen and oxygen atoms in total. The van der Waals surface area contributed by atoms with E-state index in [9.17, 15) is 9.59 Å². The molecule has 1 fully saturated rings. The summed E-state index contributed by atoms with van der Waals surface area (Å²) < 4.78 is 0. The van der Waals surface area contributed by atoms with E-state index >= 15 is 0 Å². The average molecular weight is 409 g/mol. The van der Waals surface area contributed by atoms with Gasteiger partial charge in [-0.15, -0.1) is 0 Å². The first-order chi connectivity index (χ1) is 14.8. The fraction of sp³-hybridized carbons (Fsp3) is 0.192. The summed E-state index contributed by atoms with van der Waals surface area (Å²) in [5, 5.41) is 0. The second-order valence-electron chi connectivity index (χ2n) is 8.21. The highest BCUT2D eigenvalue weighted by Crippen LogP contribution is 2.35. The van der Waals surface area contributed by atoms with Crippen molar-refractivity contribution < 1.29 is 9.59 Å². The molecule has 0 radical (unpaired) electrons. The standard InChI is InChI=1S/C26H23N3O2/c1-18-16-22(14-15-23(18)27-4)29-24(30)26(2,3)28(25(29)31)17-19-10-12-21(13-11-19)20-8-6-5-7-9-20/h5-16H,17H2,1-3H3. The minimum Gasteiger partial charge on any atom is -0.305 e. The Morgan fingerprint density at radius 1 is 0.903 bits per heavy atom. The lowest BCUT2D eigenvalue weighted by molar-refractivity contribution is -0.123. The summed E-state index contributed by atoms with van der Waals surface area (Å²) in [6.45, 7) is 12.9. The zero-order chi connectivity index (χ0) is 22.2. The van der Waals surface area contributed by atoms with Gasteiger partial charge in [0.1, 0.15) is 5.54 Å². The van der Waals surface area contributed by atoms with Crippen LogP contribution in [0.25, 0.3) is 16.0 Å². The molecular formula is C26H23N3O2. The Hall–Kier alpha value is -3.91. The van der Waals surface area contributed by atoms with E-state index in [-0.39, 0.29) is 11.9 Å². The third-order valence-corrected chi connectivity index (χ3v) is 5.78. The average Bonchev–Trinajstić information content (AvgIpc) is 2.94. The number of aryl methyl sites for hydroxylation is 1. The van der Waals surface area contributed by atoms with Crippen LogP contribution < -0.4 is 4.90 Å². The van der Waals surface area contributed by atoms with Crippen LogP contribution in [0.3, 0.4) is 0 Å². The molecule has 4 rings (SSSR count). The van der Waals surface area contributed by atoms with Gasteiger partial charge >= 0.3 is 6.03 Å². The predicted octanol–water partition coefficient (Wildman–Crippen LogP) is 5.96. The zero-order valence-electron chi connectivity index (χ0n) is 17.8. The lowest BCUT2D eigenvalue weighted by Gasteiger charge is -2.27. The van der Waals surface area contributed by atoms with Gasteiger partial charge in [0.05, 0.1) is 12.3 Å². The zero-order valence-corrected chi connectivity index (χ0v) is 17.8. The third kappa shape index (κ3) is 3.57. The Balaban J connectivity index is 1.60. The normalized spacial score (nSPS) is 15.3. The molecule has 3 amide bonds. The first kappa shape index (κ1) is 20.4. The maximum absolute atomic E-state index is 13.3. The molecule has 0 aromatic heterocycles. The topological polar surface area (TPSA) is 45.0 Å². The van der Waals surface area contributed by atoms with Crippen molar-refractivity contribution in [3.05, 3.63) is 95.3 Å². The fourth-order valence-corrected chi connectivity index (χ4v) is 3.85. The fourth-order valence-electron chi connectivity index (χ4n) is 3.85. The van der Waals surface area contributed by atoms with Gasteiger partial charge in [0.15, 0.2) is 5.69 Å². The van der Waals surface area contributed by atoms with Gasteiger partial charge in [-0.25, -0.2) is 14.5 Å². The molecule has 0 atom stereocenters. The van der Waals surface area contributed by atoms with Crippen LogP contribution in [0, 0.1) is 13.5 Å². The molecule has 0 spiro atoms. The van der Waals surface area contributed by atoms with Crippen LogP contribution in [0.4, 0.5) is 16.2 Å². The second kappa shape index (κ2) is 7.73. The van der Waals surface area contributed by atoms with Gasteiger partial charge in [0, 0.05) is 6.54 Å². The third-order valence-electron chi connectivity index (χ3n) is 5.78. The van der Waals surface area contributed by atoms with Gasteiger partial charge < -0.3 is 4.90 Å². The lowest BCUT2D eigenvalue weighted by atomic mass is 10.0.